The Labute approximate surface area is 146 Å². The minimum atomic E-state index is -3.61. The number of aliphatic imine (C=N–C) groups is 1. The molecule has 4 N–H and O–H groups in total. The molecule has 0 heterocycles. The van der Waals surface area contributed by atoms with Crippen LogP contribution >= 0.6 is 11.6 Å². The van der Waals surface area contributed by atoms with E-state index in [1.807, 2.05) is 31.2 Å². The van der Waals surface area contributed by atoms with Gasteiger partial charge in [-0.3, -0.25) is 4.99 Å². The van der Waals surface area contributed by atoms with Crippen molar-refractivity contribution < 1.29 is 8.42 Å². The first-order valence-electron chi connectivity index (χ1n) is 7.26. The third-order valence-corrected chi connectivity index (χ3v) is 4.81. The molecule has 0 amide bonds. The van der Waals surface area contributed by atoms with Gasteiger partial charge in [-0.25, -0.2) is 13.1 Å². The summed E-state index contributed by atoms with van der Waals surface area (Å²) in [5.74, 6) is 0.223. The number of benzene rings is 2. The lowest BCUT2D eigenvalue weighted by Gasteiger charge is -2.07. The fourth-order valence-electron chi connectivity index (χ4n) is 1.90. The maximum absolute atomic E-state index is 12.1. The molecular weight excluding hydrogens is 348 g/mol. The van der Waals surface area contributed by atoms with E-state index in [1.165, 1.54) is 12.1 Å². The molecule has 2 aromatic carbocycles. The van der Waals surface area contributed by atoms with Crippen LogP contribution in [-0.2, 0) is 10.0 Å². The van der Waals surface area contributed by atoms with Gasteiger partial charge >= 0.3 is 0 Å². The van der Waals surface area contributed by atoms with Crippen molar-refractivity contribution in [3.63, 3.8) is 0 Å². The van der Waals surface area contributed by atoms with Crippen molar-refractivity contribution in [1.82, 2.24) is 4.72 Å². The molecule has 0 aromatic heterocycles. The molecule has 0 saturated heterocycles. The highest BCUT2D eigenvalue weighted by molar-refractivity contribution is 7.89. The molecule has 128 valence electrons. The summed E-state index contributed by atoms with van der Waals surface area (Å²) in [5.41, 5.74) is 7.73. The van der Waals surface area contributed by atoms with Crippen molar-refractivity contribution in [1.29, 1.82) is 0 Å². The van der Waals surface area contributed by atoms with Gasteiger partial charge in [0.15, 0.2) is 5.96 Å². The number of sulfonamides is 1. The average Bonchev–Trinajstić information content (AvgIpc) is 2.54. The van der Waals surface area contributed by atoms with Crippen molar-refractivity contribution >= 4 is 33.3 Å². The van der Waals surface area contributed by atoms with Crippen molar-refractivity contribution in [2.45, 2.75) is 11.8 Å². The van der Waals surface area contributed by atoms with Crippen LogP contribution in [0.25, 0.3) is 0 Å². The number of nitrogens with zero attached hydrogens (tertiary/aromatic N) is 1. The minimum absolute atomic E-state index is 0.115. The Morgan fingerprint density at radius 3 is 2.58 bits per heavy atom. The Hall–Kier alpha value is -2.09. The van der Waals surface area contributed by atoms with E-state index in [0.717, 1.165) is 11.3 Å². The topological polar surface area (TPSA) is 96.6 Å². The summed E-state index contributed by atoms with van der Waals surface area (Å²) in [4.78, 5) is 4.20. The molecule has 24 heavy (non-hydrogen) atoms. The third-order valence-electron chi connectivity index (χ3n) is 3.12. The largest absolute Gasteiger partial charge is 0.370 e. The summed E-state index contributed by atoms with van der Waals surface area (Å²) in [5, 5.41) is 3.30. The zero-order valence-corrected chi connectivity index (χ0v) is 14.7. The van der Waals surface area contributed by atoms with Crippen LogP contribution in [0.4, 0.5) is 5.69 Å². The van der Waals surface area contributed by atoms with Gasteiger partial charge in [-0.2, -0.15) is 0 Å². The van der Waals surface area contributed by atoms with E-state index in [2.05, 4.69) is 15.0 Å². The average molecular weight is 367 g/mol. The summed E-state index contributed by atoms with van der Waals surface area (Å²) in [7, 11) is -3.61. The first-order valence-corrected chi connectivity index (χ1v) is 9.12. The molecule has 0 unspecified atom stereocenters. The van der Waals surface area contributed by atoms with E-state index in [9.17, 15) is 8.42 Å². The second kappa shape index (κ2) is 8.14. The van der Waals surface area contributed by atoms with Gasteiger partial charge in [0.25, 0.3) is 0 Å². The van der Waals surface area contributed by atoms with Gasteiger partial charge in [-0.15, -0.1) is 0 Å². The fraction of sp³-hybridized carbons (Fsp3) is 0.188. The Kier molecular flexibility index (Phi) is 6.19. The molecule has 2 aromatic rings. The van der Waals surface area contributed by atoms with Gasteiger partial charge in [-0.1, -0.05) is 35.4 Å². The number of nitrogens with two attached hydrogens (primary N) is 1. The van der Waals surface area contributed by atoms with Crippen molar-refractivity contribution in [2.75, 3.05) is 18.4 Å². The summed E-state index contributed by atoms with van der Waals surface area (Å²) in [6, 6.07) is 13.7. The molecule has 0 radical (unpaired) electrons. The number of nitrogens with one attached hydrogen (secondary N) is 2. The van der Waals surface area contributed by atoms with Gasteiger partial charge in [0, 0.05) is 17.3 Å². The smallest absolute Gasteiger partial charge is 0.240 e. The first kappa shape index (κ1) is 18.3. The maximum Gasteiger partial charge on any atom is 0.240 e. The van der Waals surface area contributed by atoms with Gasteiger partial charge in [0.05, 0.1) is 11.4 Å². The Bertz CT molecular complexity index is 820. The maximum atomic E-state index is 12.1. The lowest BCUT2D eigenvalue weighted by atomic mass is 10.2. The van der Waals surface area contributed by atoms with E-state index in [0.29, 0.717) is 5.02 Å². The van der Waals surface area contributed by atoms with Crippen molar-refractivity contribution in [3.8, 4) is 0 Å². The van der Waals surface area contributed by atoms with Gasteiger partial charge in [0.2, 0.25) is 10.0 Å². The highest BCUT2D eigenvalue weighted by Crippen LogP contribution is 2.14. The number of hydrogen-bond donors (Lipinski definition) is 3. The quantitative estimate of drug-likeness (QED) is 0.415. The summed E-state index contributed by atoms with van der Waals surface area (Å²) >= 11 is 5.80. The summed E-state index contributed by atoms with van der Waals surface area (Å²) in [6.45, 7) is 2.34. The lowest BCUT2D eigenvalue weighted by molar-refractivity contribution is 0.582. The first-order chi connectivity index (χ1) is 11.4. The summed E-state index contributed by atoms with van der Waals surface area (Å²) in [6.07, 6.45) is 0. The minimum Gasteiger partial charge on any atom is -0.370 e. The molecule has 0 fully saturated rings. The normalized spacial score (nSPS) is 12.2. The predicted octanol–water partition coefficient (Wildman–Crippen LogP) is 2.35. The van der Waals surface area contributed by atoms with Crippen LogP contribution in [0.5, 0.6) is 0 Å². The monoisotopic (exact) mass is 366 g/mol. The highest BCUT2D eigenvalue weighted by atomic mass is 35.5. The van der Waals surface area contributed by atoms with Crippen molar-refractivity contribution in [3.05, 3.63) is 59.1 Å². The Balaban J connectivity index is 1.86. The van der Waals surface area contributed by atoms with Gasteiger partial charge in [0.1, 0.15) is 0 Å². The highest BCUT2D eigenvalue weighted by Gasteiger charge is 2.13. The number of rotatable bonds is 6. The fourth-order valence-corrected chi connectivity index (χ4v) is 3.22. The van der Waals surface area contributed by atoms with Crippen molar-refractivity contribution in [2.24, 2.45) is 10.7 Å². The van der Waals surface area contributed by atoms with Crippen LogP contribution in [0, 0.1) is 6.92 Å². The van der Waals surface area contributed by atoms with Gasteiger partial charge < -0.3 is 11.1 Å². The standard InChI is InChI=1S/C16H19ClN4O2S/c1-12-5-7-14(8-6-12)21-16(18)19-9-10-20-24(22,23)15-4-2-3-13(17)11-15/h2-8,11,20H,9-10H2,1H3,(H3,18,19,21). The lowest BCUT2D eigenvalue weighted by Crippen LogP contribution is -2.28. The second-order valence-corrected chi connectivity index (χ2v) is 7.32. The third kappa shape index (κ3) is 5.52. The number of anilines is 1. The van der Waals surface area contributed by atoms with Crippen LogP contribution in [0.2, 0.25) is 5.02 Å². The molecule has 0 saturated carbocycles. The molecule has 2 rings (SSSR count). The molecule has 0 bridgehead atoms. The number of halogens is 1. The van der Waals surface area contributed by atoms with E-state index in [1.54, 1.807) is 12.1 Å². The molecule has 6 nitrogen and oxygen atoms in total. The van der Waals surface area contributed by atoms with Crippen LogP contribution < -0.4 is 15.8 Å². The van der Waals surface area contributed by atoms with E-state index >= 15 is 0 Å². The molecule has 0 spiro atoms. The molecule has 0 atom stereocenters. The van der Waals surface area contributed by atoms with E-state index < -0.39 is 10.0 Å². The Morgan fingerprint density at radius 1 is 1.21 bits per heavy atom. The Morgan fingerprint density at radius 2 is 1.92 bits per heavy atom. The molecule has 0 aliphatic heterocycles. The zero-order chi connectivity index (χ0) is 17.6. The number of guanidine groups is 1. The van der Waals surface area contributed by atoms with Crippen LogP contribution in [-0.4, -0.2) is 27.5 Å². The molecule has 0 aliphatic carbocycles. The molecule has 0 aliphatic rings. The summed E-state index contributed by atoms with van der Waals surface area (Å²) < 4.78 is 26.6. The zero-order valence-electron chi connectivity index (χ0n) is 13.2. The van der Waals surface area contributed by atoms with Crippen LogP contribution in [0.1, 0.15) is 5.56 Å². The van der Waals surface area contributed by atoms with Crippen LogP contribution in [0.15, 0.2) is 58.4 Å². The molecular formula is C16H19ClN4O2S. The van der Waals surface area contributed by atoms with Gasteiger partial charge in [-0.05, 0) is 37.3 Å². The number of aryl methyl sites for hydroxylation is 1. The SMILES string of the molecule is Cc1ccc(NC(N)=NCCNS(=O)(=O)c2cccc(Cl)c2)cc1. The molecule has 8 heteroatoms. The number of hydrogen-bond acceptors (Lipinski definition) is 3. The second-order valence-electron chi connectivity index (χ2n) is 5.11. The van der Waals surface area contributed by atoms with E-state index in [4.69, 9.17) is 17.3 Å². The van der Waals surface area contributed by atoms with E-state index in [-0.39, 0.29) is 23.9 Å². The predicted molar refractivity (Wildman–Crippen MR) is 97.9 cm³/mol. The van der Waals surface area contributed by atoms with Crippen LogP contribution in [0.3, 0.4) is 0 Å².